The van der Waals surface area contributed by atoms with E-state index >= 15 is 0 Å². The van der Waals surface area contributed by atoms with Gasteiger partial charge in [0.05, 0.1) is 11.3 Å². The van der Waals surface area contributed by atoms with Gasteiger partial charge in [-0.15, -0.1) is 0 Å². The minimum Gasteiger partial charge on any atom is -0.456 e. The van der Waals surface area contributed by atoms with E-state index in [0.29, 0.717) is 17.8 Å². The van der Waals surface area contributed by atoms with Gasteiger partial charge in [0.25, 0.3) is 0 Å². The summed E-state index contributed by atoms with van der Waals surface area (Å²) < 4.78 is 7.35. The number of carbonyl (C=O) groups excluding carboxylic acids is 2. The zero-order valence-corrected chi connectivity index (χ0v) is 14.7. The number of benzene rings is 2. The Labute approximate surface area is 147 Å². The van der Waals surface area contributed by atoms with Crippen LogP contribution < -0.4 is 0 Å². The van der Waals surface area contributed by atoms with E-state index in [9.17, 15) is 9.59 Å². The molecule has 0 aliphatic rings. The fourth-order valence-corrected chi connectivity index (χ4v) is 2.77. The zero-order chi connectivity index (χ0) is 18.0. The topological polar surface area (TPSA) is 48.3 Å². The number of aromatic nitrogens is 1. The summed E-state index contributed by atoms with van der Waals surface area (Å²) in [6.45, 7) is 6.10. The Morgan fingerprint density at radius 3 is 2.40 bits per heavy atom. The molecule has 25 heavy (non-hydrogen) atoms. The molecule has 3 rings (SSSR count). The largest absolute Gasteiger partial charge is 0.456 e. The summed E-state index contributed by atoms with van der Waals surface area (Å²) in [5, 5.41) is 1.04. The van der Waals surface area contributed by atoms with Crippen LogP contribution in [0.5, 0.6) is 0 Å². The SMILES string of the molecule is CC(C)(C)OC(=O)c1ccc(Cn2c(C=O)cc3ccccc32)cc1. The quantitative estimate of drug-likeness (QED) is 0.522. The predicted molar refractivity (Wildman–Crippen MR) is 98.0 cm³/mol. The van der Waals surface area contributed by atoms with Crippen LogP contribution in [0.25, 0.3) is 10.9 Å². The van der Waals surface area contributed by atoms with Gasteiger partial charge in [-0.3, -0.25) is 4.79 Å². The van der Waals surface area contributed by atoms with Crippen molar-refractivity contribution in [3.05, 3.63) is 71.4 Å². The number of fused-ring (bicyclic) bond motifs is 1. The highest BCUT2D eigenvalue weighted by Gasteiger charge is 2.17. The van der Waals surface area contributed by atoms with Gasteiger partial charge in [-0.2, -0.15) is 0 Å². The fraction of sp³-hybridized carbons (Fsp3) is 0.238. The summed E-state index contributed by atoms with van der Waals surface area (Å²) >= 11 is 0. The van der Waals surface area contributed by atoms with Gasteiger partial charge in [0, 0.05) is 17.4 Å². The Hall–Kier alpha value is -2.88. The summed E-state index contributed by atoms with van der Waals surface area (Å²) in [6, 6.07) is 17.1. The van der Waals surface area contributed by atoms with Crippen LogP contribution in [-0.2, 0) is 11.3 Å². The van der Waals surface area contributed by atoms with E-state index in [2.05, 4.69) is 0 Å². The van der Waals surface area contributed by atoms with Gasteiger partial charge in [-0.25, -0.2) is 4.79 Å². The Morgan fingerprint density at radius 2 is 1.76 bits per heavy atom. The second-order valence-corrected chi connectivity index (χ2v) is 7.03. The normalized spacial score (nSPS) is 11.5. The van der Waals surface area contributed by atoms with Crippen molar-refractivity contribution in [2.75, 3.05) is 0 Å². The first-order valence-corrected chi connectivity index (χ1v) is 8.23. The number of esters is 1. The number of ether oxygens (including phenoxy) is 1. The lowest BCUT2D eigenvalue weighted by Gasteiger charge is -2.19. The number of rotatable bonds is 4. The van der Waals surface area contributed by atoms with Crippen molar-refractivity contribution in [1.29, 1.82) is 0 Å². The van der Waals surface area contributed by atoms with Crippen LogP contribution in [0.2, 0.25) is 0 Å². The standard InChI is InChI=1S/C21H21NO3/c1-21(2,3)25-20(24)16-10-8-15(9-11-16)13-22-18(14-23)12-17-6-4-5-7-19(17)22/h4-12,14H,13H2,1-3H3. The average molecular weight is 335 g/mol. The molecule has 0 N–H and O–H groups in total. The molecular formula is C21H21NO3. The number of aldehydes is 1. The second kappa shape index (κ2) is 6.55. The first-order valence-electron chi connectivity index (χ1n) is 8.23. The Bertz CT molecular complexity index is 914. The van der Waals surface area contributed by atoms with Gasteiger partial charge >= 0.3 is 5.97 Å². The lowest BCUT2D eigenvalue weighted by molar-refractivity contribution is 0.00694. The average Bonchev–Trinajstić information content (AvgIpc) is 2.92. The number of hydrogen-bond acceptors (Lipinski definition) is 3. The molecule has 0 saturated heterocycles. The van der Waals surface area contributed by atoms with Gasteiger partial charge in [-0.05, 0) is 50.6 Å². The van der Waals surface area contributed by atoms with E-state index in [0.717, 1.165) is 22.8 Å². The molecule has 1 aromatic heterocycles. The molecule has 4 nitrogen and oxygen atoms in total. The van der Waals surface area contributed by atoms with Crippen molar-refractivity contribution in [2.24, 2.45) is 0 Å². The molecule has 0 bridgehead atoms. The van der Waals surface area contributed by atoms with E-state index in [-0.39, 0.29) is 5.97 Å². The highest BCUT2D eigenvalue weighted by atomic mass is 16.6. The van der Waals surface area contributed by atoms with Crippen LogP contribution in [0.15, 0.2) is 54.6 Å². The molecule has 0 spiro atoms. The number of nitrogens with zero attached hydrogens (tertiary/aromatic N) is 1. The molecule has 2 aromatic carbocycles. The molecule has 0 saturated carbocycles. The second-order valence-electron chi connectivity index (χ2n) is 7.03. The van der Waals surface area contributed by atoms with Crippen LogP contribution in [0.3, 0.4) is 0 Å². The van der Waals surface area contributed by atoms with E-state index in [1.165, 1.54) is 0 Å². The molecule has 4 heteroatoms. The number of carbonyl (C=O) groups is 2. The lowest BCUT2D eigenvalue weighted by atomic mass is 10.1. The van der Waals surface area contributed by atoms with Gasteiger partial charge in [0.15, 0.2) is 6.29 Å². The molecule has 1 heterocycles. The molecule has 0 radical (unpaired) electrons. The fourth-order valence-electron chi connectivity index (χ4n) is 2.77. The third-order valence-corrected chi connectivity index (χ3v) is 3.89. The third-order valence-electron chi connectivity index (χ3n) is 3.89. The van der Waals surface area contributed by atoms with Crippen LogP contribution in [0, 0.1) is 0 Å². The molecule has 128 valence electrons. The molecule has 0 fully saturated rings. The summed E-state index contributed by atoms with van der Waals surface area (Å²) in [6.07, 6.45) is 0.870. The number of hydrogen-bond donors (Lipinski definition) is 0. The first-order chi connectivity index (χ1) is 11.9. The van der Waals surface area contributed by atoms with E-state index < -0.39 is 5.60 Å². The summed E-state index contributed by atoms with van der Waals surface area (Å²) in [4.78, 5) is 23.5. The van der Waals surface area contributed by atoms with Crippen LogP contribution in [0.1, 0.15) is 47.2 Å². The van der Waals surface area contributed by atoms with E-state index in [1.807, 2.05) is 67.8 Å². The van der Waals surface area contributed by atoms with Gasteiger partial charge in [-0.1, -0.05) is 30.3 Å². The van der Waals surface area contributed by atoms with Crippen molar-refractivity contribution in [3.63, 3.8) is 0 Å². The maximum atomic E-state index is 12.1. The molecule has 0 unspecified atom stereocenters. The monoisotopic (exact) mass is 335 g/mol. The molecule has 0 atom stereocenters. The maximum Gasteiger partial charge on any atom is 0.338 e. The number of para-hydroxylation sites is 1. The maximum absolute atomic E-state index is 12.1. The summed E-state index contributed by atoms with van der Waals surface area (Å²) in [5.41, 5.74) is 2.67. The van der Waals surface area contributed by atoms with Crippen molar-refractivity contribution >= 4 is 23.2 Å². The van der Waals surface area contributed by atoms with E-state index in [4.69, 9.17) is 4.74 Å². The van der Waals surface area contributed by atoms with Crippen molar-refractivity contribution in [2.45, 2.75) is 32.9 Å². The third kappa shape index (κ3) is 3.79. The van der Waals surface area contributed by atoms with Gasteiger partial charge < -0.3 is 9.30 Å². The summed E-state index contributed by atoms with van der Waals surface area (Å²) in [7, 11) is 0. The highest BCUT2D eigenvalue weighted by molar-refractivity contribution is 5.90. The van der Waals surface area contributed by atoms with Crippen LogP contribution in [0.4, 0.5) is 0 Å². The minimum absolute atomic E-state index is 0.334. The van der Waals surface area contributed by atoms with Gasteiger partial charge in [0.2, 0.25) is 0 Å². The molecule has 3 aromatic rings. The minimum atomic E-state index is -0.515. The molecule has 0 aliphatic heterocycles. The molecule has 0 aliphatic carbocycles. The first kappa shape index (κ1) is 17.0. The molecular weight excluding hydrogens is 314 g/mol. The Balaban J connectivity index is 1.85. The van der Waals surface area contributed by atoms with Gasteiger partial charge in [0.1, 0.15) is 5.60 Å². The Kier molecular flexibility index (Phi) is 4.45. The van der Waals surface area contributed by atoms with Crippen molar-refractivity contribution < 1.29 is 14.3 Å². The molecule has 0 amide bonds. The lowest BCUT2D eigenvalue weighted by Crippen LogP contribution is -2.23. The summed E-state index contributed by atoms with van der Waals surface area (Å²) in [5.74, 6) is -0.334. The van der Waals surface area contributed by atoms with Crippen molar-refractivity contribution in [3.8, 4) is 0 Å². The Morgan fingerprint density at radius 1 is 1.08 bits per heavy atom. The highest BCUT2D eigenvalue weighted by Crippen LogP contribution is 2.21. The predicted octanol–water partition coefficient (Wildman–Crippen LogP) is 4.46. The van der Waals surface area contributed by atoms with Crippen molar-refractivity contribution in [1.82, 2.24) is 4.57 Å². The smallest absolute Gasteiger partial charge is 0.338 e. The van der Waals surface area contributed by atoms with Crippen LogP contribution >= 0.6 is 0 Å². The zero-order valence-electron chi connectivity index (χ0n) is 14.7. The van der Waals surface area contributed by atoms with Crippen LogP contribution in [-0.4, -0.2) is 22.4 Å². The van der Waals surface area contributed by atoms with E-state index in [1.54, 1.807) is 12.1 Å².